The maximum absolute atomic E-state index is 9.76. The Kier molecular flexibility index (Phi) is 4.11. The highest BCUT2D eigenvalue weighted by Crippen LogP contribution is 2.30. The fourth-order valence-corrected chi connectivity index (χ4v) is 2.12. The summed E-state index contributed by atoms with van der Waals surface area (Å²) in [6, 6.07) is 5.02. The van der Waals surface area contributed by atoms with Gasteiger partial charge < -0.3 is 14.9 Å². The summed E-state index contributed by atoms with van der Waals surface area (Å²) in [5.41, 5.74) is 1.45. The van der Waals surface area contributed by atoms with Gasteiger partial charge in [-0.3, -0.25) is 0 Å². The predicted octanol–water partition coefficient (Wildman–Crippen LogP) is 3.29. The number of halogens is 2. The van der Waals surface area contributed by atoms with Gasteiger partial charge in [-0.15, -0.1) is 0 Å². The second-order valence-corrected chi connectivity index (χ2v) is 4.77. The molecule has 1 aromatic carbocycles. The SMILES string of the molecule is Cc1cc(CNCc2cc(Cl)cc(Cl)c2O)no1. The van der Waals surface area contributed by atoms with Gasteiger partial charge in [-0.2, -0.15) is 0 Å². The number of rotatable bonds is 4. The minimum absolute atomic E-state index is 0.0462. The molecule has 2 N–H and O–H groups in total. The van der Waals surface area contributed by atoms with Crippen molar-refractivity contribution in [1.82, 2.24) is 10.5 Å². The lowest BCUT2D eigenvalue weighted by molar-refractivity contribution is 0.388. The largest absolute Gasteiger partial charge is 0.506 e. The Balaban J connectivity index is 1.98. The Morgan fingerprint density at radius 1 is 1.28 bits per heavy atom. The Hall–Kier alpha value is -1.23. The van der Waals surface area contributed by atoms with Gasteiger partial charge in [-0.25, -0.2) is 0 Å². The van der Waals surface area contributed by atoms with Crippen molar-refractivity contribution in [2.45, 2.75) is 20.0 Å². The first-order valence-corrected chi connectivity index (χ1v) is 6.11. The molecule has 4 nitrogen and oxygen atoms in total. The zero-order valence-electron chi connectivity index (χ0n) is 9.70. The van der Waals surface area contributed by atoms with E-state index in [1.54, 1.807) is 6.07 Å². The van der Waals surface area contributed by atoms with E-state index in [2.05, 4.69) is 10.5 Å². The summed E-state index contributed by atoms with van der Waals surface area (Å²) in [4.78, 5) is 0. The summed E-state index contributed by atoms with van der Waals surface area (Å²) in [5, 5.41) is 17.5. The maximum atomic E-state index is 9.76. The molecule has 1 heterocycles. The number of aromatic hydroxyl groups is 1. The highest BCUT2D eigenvalue weighted by molar-refractivity contribution is 6.35. The third-order valence-corrected chi connectivity index (χ3v) is 2.91. The molecule has 0 amide bonds. The number of aryl methyl sites for hydroxylation is 1. The second-order valence-electron chi connectivity index (χ2n) is 3.93. The number of nitrogens with zero attached hydrogens (tertiary/aromatic N) is 1. The van der Waals surface area contributed by atoms with Crippen LogP contribution in [0.2, 0.25) is 10.0 Å². The van der Waals surface area contributed by atoms with Crippen LogP contribution in [0.25, 0.3) is 0 Å². The first-order valence-electron chi connectivity index (χ1n) is 5.36. The van der Waals surface area contributed by atoms with E-state index in [-0.39, 0.29) is 10.8 Å². The van der Waals surface area contributed by atoms with Crippen molar-refractivity contribution in [3.8, 4) is 5.75 Å². The quantitative estimate of drug-likeness (QED) is 0.906. The molecule has 2 aromatic rings. The number of phenolic OH excluding ortho intramolecular Hbond substituents is 1. The number of aromatic nitrogens is 1. The molecule has 0 saturated heterocycles. The van der Waals surface area contributed by atoms with Gasteiger partial charge in [0.2, 0.25) is 0 Å². The molecule has 0 aliphatic rings. The molecule has 0 aliphatic carbocycles. The normalized spacial score (nSPS) is 10.8. The van der Waals surface area contributed by atoms with Crippen LogP contribution in [0.4, 0.5) is 0 Å². The third-order valence-electron chi connectivity index (χ3n) is 2.41. The molecule has 96 valence electrons. The average molecular weight is 287 g/mol. The van der Waals surface area contributed by atoms with Crippen molar-refractivity contribution in [2.24, 2.45) is 0 Å². The minimum Gasteiger partial charge on any atom is -0.506 e. The first kappa shape index (κ1) is 13.2. The van der Waals surface area contributed by atoms with Gasteiger partial charge in [0.25, 0.3) is 0 Å². The lowest BCUT2D eigenvalue weighted by Gasteiger charge is -2.07. The van der Waals surface area contributed by atoms with E-state index in [0.29, 0.717) is 23.7 Å². The summed E-state index contributed by atoms with van der Waals surface area (Å²) < 4.78 is 4.95. The van der Waals surface area contributed by atoms with E-state index in [9.17, 15) is 5.11 Å². The third kappa shape index (κ3) is 3.16. The fourth-order valence-electron chi connectivity index (χ4n) is 1.58. The lowest BCUT2D eigenvalue weighted by Crippen LogP contribution is -2.13. The zero-order valence-corrected chi connectivity index (χ0v) is 11.2. The van der Waals surface area contributed by atoms with E-state index >= 15 is 0 Å². The van der Waals surface area contributed by atoms with E-state index in [1.807, 2.05) is 13.0 Å². The van der Waals surface area contributed by atoms with Crippen LogP contribution in [0.3, 0.4) is 0 Å². The number of nitrogens with one attached hydrogen (secondary N) is 1. The Labute approximate surface area is 114 Å². The number of benzene rings is 1. The Morgan fingerprint density at radius 3 is 2.72 bits per heavy atom. The van der Waals surface area contributed by atoms with Gasteiger partial charge >= 0.3 is 0 Å². The topological polar surface area (TPSA) is 58.3 Å². The number of phenols is 1. The maximum Gasteiger partial charge on any atom is 0.138 e. The number of hydrogen-bond acceptors (Lipinski definition) is 4. The molecule has 18 heavy (non-hydrogen) atoms. The zero-order chi connectivity index (χ0) is 13.1. The molecule has 1 aromatic heterocycles. The lowest BCUT2D eigenvalue weighted by atomic mass is 10.2. The van der Waals surface area contributed by atoms with E-state index in [4.69, 9.17) is 27.7 Å². The van der Waals surface area contributed by atoms with E-state index in [0.717, 1.165) is 11.5 Å². The van der Waals surface area contributed by atoms with Crippen molar-refractivity contribution >= 4 is 23.2 Å². The molecule has 0 radical (unpaired) electrons. The summed E-state index contributed by atoms with van der Waals surface area (Å²) in [5.74, 6) is 0.811. The summed E-state index contributed by atoms with van der Waals surface area (Å²) in [6.07, 6.45) is 0. The summed E-state index contributed by atoms with van der Waals surface area (Å²) in [7, 11) is 0. The standard InChI is InChI=1S/C12H12Cl2N2O2/c1-7-2-10(16-18-7)6-15-5-8-3-9(13)4-11(14)12(8)17/h2-4,15,17H,5-6H2,1H3. The molecule has 2 rings (SSSR count). The van der Waals surface area contributed by atoms with Crippen molar-refractivity contribution in [3.05, 3.63) is 45.3 Å². The first-order chi connectivity index (χ1) is 8.56. The molecule has 0 atom stereocenters. The summed E-state index contributed by atoms with van der Waals surface area (Å²) in [6.45, 7) is 2.82. The molecule has 0 saturated carbocycles. The van der Waals surface area contributed by atoms with Crippen LogP contribution in [-0.2, 0) is 13.1 Å². The smallest absolute Gasteiger partial charge is 0.138 e. The predicted molar refractivity (Wildman–Crippen MR) is 69.9 cm³/mol. The van der Waals surface area contributed by atoms with Gasteiger partial charge in [0.05, 0.1) is 10.7 Å². The molecule has 0 spiro atoms. The monoisotopic (exact) mass is 286 g/mol. The number of hydrogen-bond donors (Lipinski definition) is 2. The highest BCUT2D eigenvalue weighted by Gasteiger charge is 2.08. The van der Waals surface area contributed by atoms with Crippen LogP contribution in [0, 0.1) is 6.92 Å². The molecule has 0 fully saturated rings. The van der Waals surface area contributed by atoms with Crippen molar-refractivity contribution < 1.29 is 9.63 Å². The Bertz CT molecular complexity index is 555. The van der Waals surface area contributed by atoms with Crippen molar-refractivity contribution in [2.75, 3.05) is 0 Å². The molecule has 6 heteroatoms. The van der Waals surface area contributed by atoms with Crippen LogP contribution < -0.4 is 5.32 Å². The van der Waals surface area contributed by atoms with Crippen LogP contribution in [0.5, 0.6) is 5.75 Å². The second kappa shape index (κ2) is 5.61. The fraction of sp³-hybridized carbons (Fsp3) is 0.250. The molecular weight excluding hydrogens is 275 g/mol. The summed E-state index contributed by atoms with van der Waals surface area (Å²) >= 11 is 11.7. The van der Waals surface area contributed by atoms with Gasteiger partial charge in [0.15, 0.2) is 0 Å². The molecule has 0 aliphatic heterocycles. The van der Waals surface area contributed by atoms with E-state index < -0.39 is 0 Å². The van der Waals surface area contributed by atoms with Gasteiger partial charge in [0.1, 0.15) is 11.5 Å². The van der Waals surface area contributed by atoms with Crippen molar-refractivity contribution in [1.29, 1.82) is 0 Å². The van der Waals surface area contributed by atoms with Crippen LogP contribution >= 0.6 is 23.2 Å². The molecule has 0 bridgehead atoms. The van der Waals surface area contributed by atoms with Crippen LogP contribution in [-0.4, -0.2) is 10.3 Å². The van der Waals surface area contributed by atoms with E-state index in [1.165, 1.54) is 6.07 Å². The van der Waals surface area contributed by atoms with Gasteiger partial charge in [-0.1, -0.05) is 28.4 Å². The molecular formula is C12H12Cl2N2O2. The molecule has 0 unspecified atom stereocenters. The van der Waals surface area contributed by atoms with Gasteiger partial charge in [0, 0.05) is 29.7 Å². The van der Waals surface area contributed by atoms with Crippen LogP contribution in [0.1, 0.15) is 17.0 Å². The van der Waals surface area contributed by atoms with Crippen LogP contribution in [0.15, 0.2) is 22.7 Å². The Morgan fingerprint density at radius 2 is 2.06 bits per heavy atom. The minimum atomic E-state index is 0.0462. The van der Waals surface area contributed by atoms with Crippen molar-refractivity contribution in [3.63, 3.8) is 0 Å². The van der Waals surface area contributed by atoms with Gasteiger partial charge in [-0.05, 0) is 19.1 Å². The average Bonchev–Trinajstić information content (AvgIpc) is 2.71. The highest BCUT2D eigenvalue weighted by atomic mass is 35.5.